The molecule has 1 saturated heterocycles. The summed E-state index contributed by atoms with van der Waals surface area (Å²) < 4.78 is 60.0. The fourth-order valence-corrected chi connectivity index (χ4v) is 3.31. The van der Waals surface area contributed by atoms with Crippen molar-refractivity contribution in [3.8, 4) is 11.3 Å². The Morgan fingerprint density at radius 1 is 1.25 bits per heavy atom. The van der Waals surface area contributed by atoms with Gasteiger partial charge in [-0.25, -0.2) is 9.97 Å². The largest absolute Gasteiger partial charge is 0.433 e. The molecule has 1 aliphatic rings. The third-order valence-corrected chi connectivity index (χ3v) is 4.90. The normalized spacial score (nSPS) is 16.8. The van der Waals surface area contributed by atoms with E-state index in [9.17, 15) is 26.4 Å². The molecule has 2 N–H and O–H groups in total. The molecule has 0 aromatic carbocycles. The zero-order valence-corrected chi connectivity index (χ0v) is 15.0. The quantitative estimate of drug-likeness (QED) is 0.705. The lowest BCUT2D eigenvalue weighted by atomic mass is 10.1. The predicted molar refractivity (Wildman–Crippen MR) is 92.4 cm³/mol. The molecule has 0 spiro atoms. The Morgan fingerprint density at radius 2 is 2.04 bits per heavy atom. The summed E-state index contributed by atoms with van der Waals surface area (Å²) in [6.45, 7) is 0.388. The molecule has 0 saturated carbocycles. The van der Waals surface area contributed by atoms with E-state index in [-0.39, 0.29) is 17.8 Å². The summed E-state index contributed by atoms with van der Waals surface area (Å²) >= 11 is 0. The molecule has 1 aliphatic heterocycles. The van der Waals surface area contributed by atoms with Crippen LogP contribution in [0.1, 0.15) is 17.8 Å². The summed E-state index contributed by atoms with van der Waals surface area (Å²) in [4.78, 5) is 23.7. The van der Waals surface area contributed by atoms with Gasteiger partial charge in [-0.2, -0.15) is 21.6 Å². The average molecular weight is 413 g/mol. The van der Waals surface area contributed by atoms with Crippen LogP contribution in [-0.2, 0) is 27.8 Å². The van der Waals surface area contributed by atoms with E-state index >= 15 is 0 Å². The predicted octanol–water partition coefficient (Wildman–Crippen LogP) is 0.587. The van der Waals surface area contributed by atoms with Gasteiger partial charge in [0.05, 0.1) is 22.8 Å². The van der Waals surface area contributed by atoms with Crippen molar-refractivity contribution in [2.45, 2.75) is 25.2 Å². The fourth-order valence-electron chi connectivity index (χ4n) is 2.66. The number of carbonyl (C=O) groups is 1. The minimum atomic E-state index is -4.53. The highest BCUT2D eigenvalue weighted by Crippen LogP contribution is 2.28. The molecule has 28 heavy (non-hydrogen) atoms. The Bertz CT molecular complexity index is 1010. The molecule has 1 atom stereocenters. The summed E-state index contributed by atoms with van der Waals surface area (Å²) in [6, 6.07) is 2.68. The molecule has 12 heteroatoms. The SMILES string of the molecule is O=C(NCc1cc(-c2ccc(C(F)(F)F)nc2)ncn1)C1NCCC1=S(=O)=O. The molecular formula is C16H14F3N5O3S. The Balaban J connectivity index is 1.70. The number of aromatic nitrogens is 3. The summed E-state index contributed by atoms with van der Waals surface area (Å²) in [7, 11) is -2.45. The molecule has 148 valence electrons. The number of carbonyl (C=O) groups excluding carboxylic acids is 1. The van der Waals surface area contributed by atoms with Crippen molar-refractivity contribution in [1.82, 2.24) is 25.6 Å². The first kappa shape index (κ1) is 19.9. The lowest BCUT2D eigenvalue weighted by Crippen LogP contribution is -2.44. The lowest BCUT2D eigenvalue weighted by Gasteiger charge is -2.11. The number of hydrogen-bond acceptors (Lipinski definition) is 7. The molecule has 0 aliphatic carbocycles. The van der Waals surface area contributed by atoms with Crippen LogP contribution in [0.4, 0.5) is 13.2 Å². The van der Waals surface area contributed by atoms with E-state index < -0.39 is 34.1 Å². The van der Waals surface area contributed by atoms with Crippen LogP contribution in [0.15, 0.2) is 30.7 Å². The minimum absolute atomic E-state index is 0.000626. The van der Waals surface area contributed by atoms with E-state index in [2.05, 4.69) is 25.6 Å². The number of rotatable bonds is 4. The van der Waals surface area contributed by atoms with E-state index in [1.54, 1.807) is 0 Å². The van der Waals surface area contributed by atoms with Crippen molar-refractivity contribution in [2.24, 2.45) is 0 Å². The topological polar surface area (TPSA) is 114 Å². The zero-order chi connectivity index (χ0) is 20.3. The molecule has 8 nitrogen and oxygen atoms in total. The van der Waals surface area contributed by atoms with Crippen LogP contribution >= 0.6 is 0 Å². The summed E-state index contributed by atoms with van der Waals surface area (Å²) in [6.07, 6.45) is -1.99. The number of nitrogens with one attached hydrogen (secondary N) is 2. The molecule has 1 amide bonds. The highest BCUT2D eigenvalue weighted by molar-refractivity contribution is 7.73. The Labute approximate surface area is 158 Å². The number of nitrogens with zero attached hydrogens (tertiary/aromatic N) is 3. The Hall–Kier alpha value is -2.86. The first-order valence-corrected chi connectivity index (χ1v) is 9.14. The number of alkyl halides is 3. The van der Waals surface area contributed by atoms with Gasteiger partial charge in [0, 0.05) is 18.3 Å². The van der Waals surface area contributed by atoms with Crippen LogP contribution < -0.4 is 10.6 Å². The van der Waals surface area contributed by atoms with Gasteiger partial charge in [-0.3, -0.25) is 9.78 Å². The standard InChI is InChI=1S/C16H14F3N5O3S/c17-16(18,19)13-2-1-9(6-21-13)11-5-10(23-8-24-11)7-22-15(25)14-12(28(26)27)3-4-20-14/h1-2,5-6,8,14,20H,3-4,7H2,(H,22,25). The van der Waals surface area contributed by atoms with Crippen molar-refractivity contribution >= 4 is 21.1 Å². The van der Waals surface area contributed by atoms with E-state index in [0.717, 1.165) is 12.3 Å². The van der Waals surface area contributed by atoms with Crippen molar-refractivity contribution < 1.29 is 26.4 Å². The molecule has 1 fully saturated rings. The maximum atomic E-state index is 12.6. The lowest BCUT2D eigenvalue weighted by molar-refractivity contribution is -0.141. The second-order valence-corrected chi connectivity index (χ2v) is 6.87. The van der Waals surface area contributed by atoms with Gasteiger partial charge in [0.2, 0.25) is 16.2 Å². The third-order valence-electron chi connectivity index (χ3n) is 4.04. The molecule has 3 heterocycles. The van der Waals surface area contributed by atoms with Crippen LogP contribution in [-0.4, -0.2) is 46.7 Å². The highest BCUT2D eigenvalue weighted by atomic mass is 32.2. The molecule has 3 rings (SSSR count). The third kappa shape index (κ3) is 4.51. The van der Waals surface area contributed by atoms with Gasteiger partial charge in [0.1, 0.15) is 18.1 Å². The van der Waals surface area contributed by atoms with Crippen LogP contribution in [0.3, 0.4) is 0 Å². The van der Waals surface area contributed by atoms with E-state index in [1.165, 1.54) is 18.5 Å². The number of hydrogen-bond donors (Lipinski definition) is 2. The second-order valence-electron chi connectivity index (χ2n) is 5.88. The highest BCUT2D eigenvalue weighted by Gasteiger charge is 2.32. The van der Waals surface area contributed by atoms with Gasteiger partial charge in [-0.15, -0.1) is 0 Å². The molecular weight excluding hydrogens is 399 g/mol. The monoisotopic (exact) mass is 413 g/mol. The van der Waals surface area contributed by atoms with Crippen LogP contribution in [0.2, 0.25) is 0 Å². The van der Waals surface area contributed by atoms with Crippen molar-refractivity contribution in [1.29, 1.82) is 0 Å². The van der Waals surface area contributed by atoms with Gasteiger partial charge in [-0.1, -0.05) is 0 Å². The first-order valence-electron chi connectivity index (χ1n) is 8.06. The van der Waals surface area contributed by atoms with E-state index in [4.69, 9.17) is 0 Å². The van der Waals surface area contributed by atoms with Crippen molar-refractivity contribution in [3.05, 3.63) is 42.1 Å². The first-order chi connectivity index (χ1) is 13.3. The maximum absolute atomic E-state index is 12.6. The van der Waals surface area contributed by atoms with Crippen LogP contribution in [0.25, 0.3) is 11.3 Å². The van der Waals surface area contributed by atoms with Crippen LogP contribution in [0.5, 0.6) is 0 Å². The average Bonchev–Trinajstić information content (AvgIpc) is 3.16. The van der Waals surface area contributed by atoms with Gasteiger partial charge >= 0.3 is 6.18 Å². The maximum Gasteiger partial charge on any atom is 0.433 e. The van der Waals surface area contributed by atoms with Crippen LogP contribution in [0, 0.1) is 0 Å². The van der Waals surface area contributed by atoms with Gasteiger partial charge in [0.15, 0.2) is 0 Å². The summed E-state index contributed by atoms with van der Waals surface area (Å²) in [5.74, 6) is -0.506. The van der Waals surface area contributed by atoms with Gasteiger partial charge in [-0.05, 0) is 24.6 Å². The smallest absolute Gasteiger partial charge is 0.349 e. The van der Waals surface area contributed by atoms with E-state index in [1.807, 2.05) is 0 Å². The van der Waals surface area contributed by atoms with E-state index in [0.29, 0.717) is 23.5 Å². The molecule has 2 aromatic rings. The fraction of sp³-hybridized carbons (Fsp3) is 0.312. The molecule has 1 unspecified atom stereocenters. The van der Waals surface area contributed by atoms with Gasteiger partial charge in [0.25, 0.3) is 0 Å². The molecule has 0 radical (unpaired) electrons. The Kier molecular flexibility index (Phi) is 5.70. The molecule has 0 bridgehead atoms. The number of amides is 1. The minimum Gasteiger partial charge on any atom is -0.349 e. The summed E-state index contributed by atoms with van der Waals surface area (Å²) in [5, 5.41) is 5.39. The number of pyridine rings is 1. The summed E-state index contributed by atoms with van der Waals surface area (Å²) in [5.41, 5.74) is 0.0934. The van der Waals surface area contributed by atoms with Gasteiger partial charge < -0.3 is 10.6 Å². The zero-order valence-electron chi connectivity index (χ0n) is 14.2. The number of halogens is 3. The molecule has 2 aromatic heterocycles. The Morgan fingerprint density at radius 3 is 2.68 bits per heavy atom. The van der Waals surface area contributed by atoms with Crippen molar-refractivity contribution in [3.63, 3.8) is 0 Å². The second kappa shape index (κ2) is 8.02. The van der Waals surface area contributed by atoms with Crippen molar-refractivity contribution in [2.75, 3.05) is 6.54 Å².